The van der Waals surface area contributed by atoms with Crippen molar-refractivity contribution in [2.45, 2.75) is 46.6 Å². The third kappa shape index (κ3) is 7.46. The van der Waals surface area contributed by atoms with Crippen LogP contribution in [0.15, 0.2) is 0 Å². The molecule has 5 heteroatoms. The Morgan fingerprint density at radius 1 is 1.20 bits per heavy atom. The minimum atomic E-state index is -0.145. The molecular formula is C15H31ClN2O2. The Hall–Kier alpha value is -0.320. The van der Waals surface area contributed by atoms with Crippen LogP contribution in [0, 0.1) is 11.8 Å². The van der Waals surface area contributed by atoms with Crippen LogP contribution in [0.3, 0.4) is 0 Å². The highest BCUT2D eigenvalue weighted by atomic mass is 35.5. The van der Waals surface area contributed by atoms with Crippen LogP contribution in [-0.4, -0.2) is 49.7 Å². The maximum atomic E-state index is 12.5. The van der Waals surface area contributed by atoms with Crippen LogP contribution in [0.25, 0.3) is 0 Å². The number of rotatable bonds is 7. The second-order valence-corrected chi connectivity index (χ2v) is 6.27. The normalized spacial score (nSPS) is 19.0. The smallest absolute Gasteiger partial charge is 0.242 e. The molecule has 120 valence electrons. The van der Waals surface area contributed by atoms with Gasteiger partial charge in [-0.05, 0) is 24.7 Å². The fraction of sp³-hybridized carbons (Fsp3) is 0.933. The van der Waals surface area contributed by atoms with E-state index < -0.39 is 0 Å². The molecule has 0 saturated carbocycles. The molecule has 1 unspecified atom stereocenters. The molecule has 20 heavy (non-hydrogen) atoms. The zero-order valence-electron chi connectivity index (χ0n) is 13.4. The molecular weight excluding hydrogens is 276 g/mol. The SMILES string of the molecule is CC(C)CCN(CCC(C)C)C(=O)C1COCCN1.Cl. The van der Waals surface area contributed by atoms with Gasteiger partial charge in [-0.3, -0.25) is 4.79 Å². The van der Waals surface area contributed by atoms with Crippen LogP contribution in [0.1, 0.15) is 40.5 Å². The molecule has 1 heterocycles. The van der Waals surface area contributed by atoms with Crippen LogP contribution >= 0.6 is 12.4 Å². The molecule has 4 nitrogen and oxygen atoms in total. The summed E-state index contributed by atoms with van der Waals surface area (Å²) in [6, 6.07) is -0.145. The molecule has 1 rings (SSSR count). The van der Waals surface area contributed by atoms with E-state index >= 15 is 0 Å². The molecule has 1 saturated heterocycles. The summed E-state index contributed by atoms with van der Waals surface area (Å²) in [6.45, 7) is 12.5. The third-order valence-electron chi connectivity index (χ3n) is 3.48. The molecule has 0 bridgehead atoms. The maximum absolute atomic E-state index is 12.5. The van der Waals surface area contributed by atoms with Crippen LogP contribution in [0.4, 0.5) is 0 Å². The number of morpholine rings is 1. The molecule has 1 amide bonds. The zero-order chi connectivity index (χ0) is 14.3. The van der Waals surface area contributed by atoms with Gasteiger partial charge in [-0.25, -0.2) is 0 Å². The number of amides is 1. The van der Waals surface area contributed by atoms with Crippen LogP contribution in [0.5, 0.6) is 0 Å². The first-order chi connectivity index (χ1) is 9.00. The van der Waals surface area contributed by atoms with Gasteiger partial charge in [0.1, 0.15) is 6.04 Å². The average Bonchev–Trinajstić information content (AvgIpc) is 2.38. The van der Waals surface area contributed by atoms with Crippen LogP contribution < -0.4 is 5.32 Å². The van der Waals surface area contributed by atoms with Crippen molar-refractivity contribution in [3.63, 3.8) is 0 Å². The maximum Gasteiger partial charge on any atom is 0.242 e. The molecule has 1 aliphatic rings. The molecule has 0 aromatic heterocycles. The van der Waals surface area contributed by atoms with Crippen molar-refractivity contribution in [2.24, 2.45) is 11.8 Å². The summed E-state index contributed by atoms with van der Waals surface area (Å²) in [4.78, 5) is 14.5. The van der Waals surface area contributed by atoms with Gasteiger partial charge >= 0.3 is 0 Å². The van der Waals surface area contributed by atoms with Gasteiger partial charge in [-0.2, -0.15) is 0 Å². The van der Waals surface area contributed by atoms with Gasteiger partial charge in [0, 0.05) is 19.6 Å². The van der Waals surface area contributed by atoms with Crippen LogP contribution in [-0.2, 0) is 9.53 Å². The van der Waals surface area contributed by atoms with Gasteiger partial charge in [0.25, 0.3) is 0 Å². The standard InChI is InChI=1S/C15H30N2O2.ClH/c1-12(2)5-8-17(9-6-13(3)4)15(18)14-11-19-10-7-16-14;/h12-14,16H,5-11H2,1-4H3;1H. The van der Waals surface area contributed by atoms with Gasteiger partial charge in [0.2, 0.25) is 5.91 Å². The number of carbonyl (C=O) groups excluding carboxylic acids is 1. The first kappa shape index (κ1) is 19.7. The second-order valence-electron chi connectivity index (χ2n) is 6.27. The summed E-state index contributed by atoms with van der Waals surface area (Å²) >= 11 is 0. The predicted octanol–water partition coefficient (Wildman–Crippen LogP) is 2.32. The number of ether oxygens (including phenoxy) is 1. The van der Waals surface area contributed by atoms with Crippen LogP contribution in [0.2, 0.25) is 0 Å². The lowest BCUT2D eigenvalue weighted by Gasteiger charge is -2.31. The zero-order valence-corrected chi connectivity index (χ0v) is 14.2. The Labute approximate surface area is 130 Å². The van der Waals surface area contributed by atoms with E-state index in [4.69, 9.17) is 4.74 Å². The molecule has 1 fully saturated rings. The van der Waals surface area contributed by atoms with Crippen molar-refractivity contribution in [2.75, 3.05) is 32.8 Å². The Morgan fingerprint density at radius 3 is 2.15 bits per heavy atom. The number of nitrogens with zero attached hydrogens (tertiary/aromatic N) is 1. The minimum Gasteiger partial charge on any atom is -0.378 e. The Kier molecular flexibility index (Phi) is 10.2. The molecule has 0 aromatic rings. The van der Waals surface area contributed by atoms with E-state index in [1.54, 1.807) is 0 Å². The van der Waals surface area contributed by atoms with Crippen molar-refractivity contribution >= 4 is 18.3 Å². The van der Waals surface area contributed by atoms with E-state index in [1.807, 2.05) is 4.90 Å². The number of halogens is 1. The van der Waals surface area contributed by atoms with E-state index in [0.29, 0.717) is 25.0 Å². The van der Waals surface area contributed by atoms with Gasteiger partial charge in [0.05, 0.1) is 13.2 Å². The lowest BCUT2D eigenvalue weighted by Crippen LogP contribution is -2.53. The van der Waals surface area contributed by atoms with E-state index in [9.17, 15) is 4.79 Å². The molecule has 0 aromatic carbocycles. The Bertz CT molecular complexity index is 255. The predicted molar refractivity (Wildman–Crippen MR) is 85.3 cm³/mol. The van der Waals surface area contributed by atoms with Gasteiger partial charge in [-0.1, -0.05) is 27.7 Å². The summed E-state index contributed by atoms with van der Waals surface area (Å²) in [6.07, 6.45) is 2.13. The van der Waals surface area contributed by atoms with Gasteiger partial charge in [0.15, 0.2) is 0 Å². The third-order valence-corrected chi connectivity index (χ3v) is 3.48. The molecule has 0 radical (unpaired) electrons. The fourth-order valence-electron chi connectivity index (χ4n) is 2.10. The van der Waals surface area contributed by atoms with Crippen molar-refractivity contribution in [3.8, 4) is 0 Å². The summed E-state index contributed by atoms with van der Waals surface area (Å²) < 4.78 is 5.39. The minimum absolute atomic E-state index is 0. The van der Waals surface area contributed by atoms with Crippen molar-refractivity contribution < 1.29 is 9.53 Å². The topological polar surface area (TPSA) is 41.6 Å². The quantitative estimate of drug-likeness (QED) is 0.785. The lowest BCUT2D eigenvalue weighted by molar-refractivity contribution is -0.136. The van der Waals surface area contributed by atoms with E-state index in [0.717, 1.165) is 32.5 Å². The summed E-state index contributed by atoms with van der Waals surface area (Å²) in [5.41, 5.74) is 0. The van der Waals surface area contributed by atoms with Crippen molar-refractivity contribution in [1.29, 1.82) is 0 Å². The Balaban J connectivity index is 0.00000361. The highest BCUT2D eigenvalue weighted by Gasteiger charge is 2.26. The average molecular weight is 307 g/mol. The van der Waals surface area contributed by atoms with E-state index in [2.05, 4.69) is 33.0 Å². The van der Waals surface area contributed by atoms with Crippen molar-refractivity contribution in [3.05, 3.63) is 0 Å². The first-order valence-corrected chi connectivity index (χ1v) is 7.60. The number of hydrogen-bond donors (Lipinski definition) is 1. The monoisotopic (exact) mass is 306 g/mol. The second kappa shape index (κ2) is 10.4. The molecule has 1 aliphatic heterocycles. The molecule has 0 aliphatic carbocycles. The lowest BCUT2D eigenvalue weighted by atomic mass is 10.1. The van der Waals surface area contributed by atoms with Crippen molar-refractivity contribution in [1.82, 2.24) is 10.2 Å². The summed E-state index contributed by atoms with van der Waals surface area (Å²) in [7, 11) is 0. The fourth-order valence-corrected chi connectivity index (χ4v) is 2.10. The Morgan fingerprint density at radius 2 is 1.75 bits per heavy atom. The van der Waals surface area contributed by atoms with Gasteiger partial charge in [-0.15, -0.1) is 12.4 Å². The van der Waals surface area contributed by atoms with E-state index in [1.165, 1.54) is 0 Å². The molecule has 1 N–H and O–H groups in total. The number of carbonyl (C=O) groups is 1. The number of hydrogen-bond acceptors (Lipinski definition) is 3. The molecule has 0 spiro atoms. The first-order valence-electron chi connectivity index (χ1n) is 7.60. The molecule has 1 atom stereocenters. The van der Waals surface area contributed by atoms with E-state index in [-0.39, 0.29) is 24.4 Å². The highest BCUT2D eigenvalue weighted by Crippen LogP contribution is 2.09. The summed E-state index contributed by atoms with van der Waals surface area (Å²) in [5.74, 6) is 1.47. The largest absolute Gasteiger partial charge is 0.378 e. The summed E-state index contributed by atoms with van der Waals surface area (Å²) in [5, 5.41) is 3.26. The number of nitrogens with one attached hydrogen (secondary N) is 1. The van der Waals surface area contributed by atoms with Gasteiger partial charge < -0.3 is 15.0 Å². The highest BCUT2D eigenvalue weighted by molar-refractivity contribution is 5.85.